The molecule has 1 N–H and O–H groups in total. The smallest absolute Gasteiger partial charge is 0.250 e. The number of hydrogen-bond donors (Lipinski definition) is 1. The van der Waals surface area contributed by atoms with Gasteiger partial charge in [-0.25, -0.2) is 4.98 Å². The van der Waals surface area contributed by atoms with Gasteiger partial charge in [0.25, 0.3) is 5.91 Å². The van der Waals surface area contributed by atoms with Gasteiger partial charge < -0.3 is 5.32 Å². The predicted octanol–water partition coefficient (Wildman–Crippen LogP) is 4.48. The molecule has 3 rings (SSSR count). The van der Waals surface area contributed by atoms with Gasteiger partial charge in [-0.05, 0) is 31.2 Å². The van der Waals surface area contributed by atoms with Crippen LogP contribution in [0.25, 0.3) is 20.8 Å². The predicted molar refractivity (Wildman–Crippen MR) is 88.5 cm³/mol. The zero-order valence-electron chi connectivity index (χ0n) is 11.6. The number of para-hydroxylation sites is 1. The lowest BCUT2D eigenvalue weighted by Gasteiger charge is -2.05. The summed E-state index contributed by atoms with van der Waals surface area (Å²) in [7, 11) is 0. The number of aromatic nitrogens is 1. The van der Waals surface area contributed by atoms with E-state index in [4.69, 9.17) is 0 Å². The van der Waals surface area contributed by atoms with Crippen LogP contribution in [-0.4, -0.2) is 10.9 Å². The van der Waals surface area contributed by atoms with Crippen molar-refractivity contribution in [2.24, 2.45) is 0 Å². The van der Waals surface area contributed by atoms with E-state index in [-0.39, 0.29) is 5.91 Å². The zero-order chi connectivity index (χ0) is 14.8. The summed E-state index contributed by atoms with van der Waals surface area (Å²) in [5.41, 5.74) is 3.23. The third-order valence-electron chi connectivity index (χ3n) is 3.05. The van der Waals surface area contributed by atoms with Crippen molar-refractivity contribution in [1.82, 2.24) is 4.98 Å². The molecule has 0 saturated heterocycles. The first-order valence-electron chi connectivity index (χ1n) is 6.56. The standard InChI is InChI=1S/C17H14N2OS/c1-11(2)16(20)18-13-7-5-6-12(10-13)17-19-14-8-3-4-9-15(14)21-17/h3-10H,1H2,2H3,(H,18,20). The van der Waals surface area contributed by atoms with Gasteiger partial charge in [0.2, 0.25) is 0 Å². The number of fused-ring (bicyclic) bond motifs is 1. The number of rotatable bonds is 3. The van der Waals surface area contributed by atoms with Crippen molar-refractivity contribution in [2.75, 3.05) is 5.32 Å². The van der Waals surface area contributed by atoms with Crippen molar-refractivity contribution in [2.45, 2.75) is 6.92 Å². The van der Waals surface area contributed by atoms with E-state index in [1.54, 1.807) is 18.3 Å². The number of nitrogens with one attached hydrogen (secondary N) is 1. The molecule has 3 aromatic rings. The molecule has 0 aliphatic carbocycles. The van der Waals surface area contributed by atoms with Crippen molar-refractivity contribution in [3.63, 3.8) is 0 Å². The molecule has 0 saturated carbocycles. The Labute approximate surface area is 127 Å². The van der Waals surface area contributed by atoms with E-state index < -0.39 is 0 Å². The van der Waals surface area contributed by atoms with Gasteiger partial charge in [-0.1, -0.05) is 30.8 Å². The van der Waals surface area contributed by atoms with E-state index in [9.17, 15) is 4.79 Å². The second-order valence-electron chi connectivity index (χ2n) is 4.80. The Morgan fingerprint density at radius 1 is 1.19 bits per heavy atom. The fourth-order valence-corrected chi connectivity index (χ4v) is 2.93. The van der Waals surface area contributed by atoms with Crippen molar-refractivity contribution in [3.05, 3.63) is 60.7 Å². The lowest BCUT2D eigenvalue weighted by atomic mass is 10.2. The fraction of sp³-hybridized carbons (Fsp3) is 0.0588. The molecule has 0 fully saturated rings. The molecule has 0 bridgehead atoms. The van der Waals surface area contributed by atoms with E-state index in [1.807, 2.05) is 42.5 Å². The number of thiazole rings is 1. The number of hydrogen-bond acceptors (Lipinski definition) is 3. The fourth-order valence-electron chi connectivity index (χ4n) is 1.96. The van der Waals surface area contributed by atoms with Gasteiger partial charge in [0.15, 0.2) is 0 Å². The molecule has 2 aromatic carbocycles. The molecule has 0 aliphatic rings. The number of benzene rings is 2. The van der Waals surface area contributed by atoms with Gasteiger partial charge in [0.1, 0.15) is 5.01 Å². The topological polar surface area (TPSA) is 42.0 Å². The number of carbonyl (C=O) groups excluding carboxylic acids is 1. The van der Waals surface area contributed by atoms with Gasteiger partial charge in [0.05, 0.1) is 10.2 Å². The van der Waals surface area contributed by atoms with Crippen LogP contribution in [0.4, 0.5) is 5.69 Å². The summed E-state index contributed by atoms with van der Waals surface area (Å²) in [6.45, 7) is 5.33. The van der Waals surface area contributed by atoms with Crippen LogP contribution in [-0.2, 0) is 4.79 Å². The lowest BCUT2D eigenvalue weighted by molar-refractivity contribution is -0.112. The average Bonchev–Trinajstić information content (AvgIpc) is 2.91. The highest BCUT2D eigenvalue weighted by Gasteiger charge is 2.08. The second kappa shape index (κ2) is 5.50. The minimum atomic E-state index is -0.170. The van der Waals surface area contributed by atoms with Crippen LogP contribution in [0, 0.1) is 0 Å². The summed E-state index contributed by atoms with van der Waals surface area (Å²) in [6, 6.07) is 15.7. The highest BCUT2D eigenvalue weighted by molar-refractivity contribution is 7.21. The van der Waals surface area contributed by atoms with E-state index in [0.29, 0.717) is 5.57 Å². The Bertz CT molecular complexity index is 802. The molecule has 104 valence electrons. The maximum atomic E-state index is 11.7. The maximum Gasteiger partial charge on any atom is 0.250 e. The van der Waals surface area contributed by atoms with Crippen LogP contribution < -0.4 is 5.32 Å². The monoisotopic (exact) mass is 294 g/mol. The van der Waals surface area contributed by atoms with E-state index in [0.717, 1.165) is 26.5 Å². The summed E-state index contributed by atoms with van der Waals surface area (Å²) in [4.78, 5) is 16.3. The molecular weight excluding hydrogens is 280 g/mol. The van der Waals surface area contributed by atoms with Crippen LogP contribution >= 0.6 is 11.3 Å². The molecule has 1 amide bonds. The zero-order valence-corrected chi connectivity index (χ0v) is 12.4. The molecule has 0 aliphatic heterocycles. The van der Waals surface area contributed by atoms with Crippen molar-refractivity contribution >= 4 is 33.1 Å². The first kappa shape index (κ1) is 13.5. The van der Waals surface area contributed by atoms with E-state index in [1.165, 1.54) is 0 Å². The number of carbonyl (C=O) groups is 1. The molecule has 4 heteroatoms. The van der Waals surface area contributed by atoms with Gasteiger partial charge in [0, 0.05) is 16.8 Å². The highest BCUT2D eigenvalue weighted by atomic mass is 32.1. The van der Waals surface area contributed by atoms with Gasteiger partial charge >= 0.3 is 0 Å². The second-order valence-corrected chi connectivity index (χ2v) is 5.83. The summed E-state index contributed by atoms with van der Waals surface area (Å²) in [5.74, 6) is -0.170. The third kappa shape index (κ3) is 2.85. The molecule has 0 atom stereocenters. The number of amides is 1. The number of nitrogens with zero attached hydrogens (tertiary/aromatic N) is 1. The average molecular weight is 294 g/mol. The van der Waals surface area contributed by atoms with Crippen LogP contribution in [0.15, 0.2) is 60.7 Å². The Morgan fingerprint density at radius 2 is 2.00 bits per heavy atom. The van der Waals surface area contributed by atoms with Crippen molar-refractivity contribution < 1.29 is 4.79 Å². The van der Waals surface area contributed by atoms with E-state index in [2.05, 4.69) is 22.9 Å². The Hall–Kier alpha value is -2.46. The van der Waals surface area contributed by atoms with Gasteiger partial charge in [-0.15, -0.1) is 11.3 Å². The summed E-state index contributed by atoms with van der Waals surface area (Å²) in [6.07, 6.45) is 0. The Morgan fingerprint density at radius 3 is 2.76 bits per heavy atom. The van der Waals surface area contributed by atoms with Gasteiger partial charge in [-0.2, -0.15) is 0 Å². The van der Waals surface area contributed by atoms with Crippen LogP contribution in [0.1, 0.15) is 6.92 Å². The molecule has 1 heterocycles. The van der Waals surface area contributed by atoms with Crippen LogP contribution in [0.3, 0.4) is 0 Å². The molecule has 21 heavy (non-hydrogen) atoms. The molecular formula is C17H14N2OS. The lowest BCUT2D eigenvalue weighted by Crippen LogP contribution is -2.11. The van der Waals surface area contributed by atoms with Crippen LogP contribution in [0.2, 0.25) is 0 Å². The summed E-state index contributed by atoms with van der Waals surface area (Å²) in [5, 5.41) is 3.77. The normalized spacial score (nSPS) is 10.5. The van der Waals surface area contributed by atoms with Crippen LogP contribution in [0.5, 0.6) is 0 Å². The third-order valence-corrected chi connectivity index (χ3v) is 4.13. The first-order chi connectivity index (χ1) is 10.1. The first-order valence-corrected chi connectivity index (χ1v) is 7.38. The Kier molecular flexibility index (Phi) is 3.54. The highest BCUT2D eigenvalue weighted by Crippen LogP contribution is 2.31. The van der Waals surface area contributed by atoms with Crippen molar-refractivity contribution in [1.29, 1.82) is 0 Å². The Balaban J connectivity index is 1.95. The van der Waals surface area contributed by atoms with Crippen molar-refractivity contribution in [3.8, 4) is 10.6 Å². The number of anilines is 1. The molecule has 0 unspecified atom stereocenters. The minimum absolute atomic E-state index is 0.170. The molecule has 0 spiro atoms. The molecule has 0 radical (unpaired) electrons. The quantitative estimate of drug-likeness (QED) is 0.724. The minimum Gasteiger partial charge on any atom is -0.322 e. The van der Waals surface area contributed by atoms with E-state index >= 15 is 0 Å². The summed E-state index contributed by atoms with van der Waals surface area (Å²) < 4.78 is 1.16. The maximum absolute atomic E-state index is 11.7. The molecule has 3 nitrogen and oxygen atoms in total. The summed E-state index contributed by atoms with van der Waals surface area (Å²) >= 11 is 1.64. The van der Waals surface area contributed by atoms with Gasteiger partial charge in [-0.3, -0.25) is 4.79 Å². The largest absolute Gasteiger partial charge is 0.322 e. The SMILES string of the molecule is C=C(C)C(=O)Nc1cccc(-c2nc3ccccc3s2)c1. The molecule has 1 aromatic heterocycles.